The fourth-order valence-electron chi connectivity index (χ4n) is 13.8. The Bertz CT molecular complexity index is 4170. The Balaban J connectivity index is 1.19. The topological polar surface area (TPSA) is 502 Å². The molecule has 3 aromatic carbocycles. The van der Waals surface area contributed by atoms with Gasteiger partial charge in [0.15, 0.2) is 0 Å². The fraction of sp³-hybridized carbons (Fsp3) is 0.525. The third-order valence-corrected chi connectivity index (χ3v) is 22.3. The summed E-state index contributed by atoms with van der Waals surface area (Å²) in [5, 5.41) is 76.4. The maximum Gasteiger partial charge on any atom is 0.245 e. The number of primary amides is 1. The van der Waals surface area contributed by atoms with Crippen LogP contribution in [0.4, 0.5) is 0 Å². The molecule has 2 aliphatic heterocycles. The summed E-state index contributed by atoms with van der Waals surface area (Å²) in [6.45, 7) is 9.19. The molecule has 32 nitrogen and oxygen atoms in total. The molecule has 19 N–H and O–H groups in total. The summed E-state index contributed by atoms with van der Waals surface area (Å²) >= 11 is 2.72. The SMILES string of the molecule is CCC[C@@H]1NC(=O)[C@H](Cc2c[nH]c3ncccc23)NC(=O)[C@@H]([C@@H](C)O)NC(=O)[C@@H]2CCCNC(=O)CCC[C@H](NC1=O)C(=O)N[C@@H](Cc1ccc(O)cc1)C(=O)N[C@@H](C1CCCCC1)C(=O)N[C@@H]([C@@H](C)O)C(=O)N[C@H](C(N)=O)CSCc1cccc(c1)CSCCC(=O)N[C@@H](C(C)(C)C)C(=O)N[C@@H](Cc1ccc(O)cc1)C(=O)N2. The highest BCUT2D eigenvalue weighted by atomic mass is 32.2. The van der Waals surface area contributed by atoms with E-state index in [0.29, 0.717) is 70.7 Å². The number of fused-ring (bicyclic) bond motifs is 12. The zero-order chi connectivity index (χ0) is 82.8. The van der Waals surface area contributed by atoms with E-state index >= 15 is 19.2 Å². The highest BCUT2D eigenvalue weighted by Gasteiger charge is 2.41. The number of phenols is 2. The number of aromatic hydroxyl groups is 2. The molecule has 0 spiro atoms. The number of benzene rings is 3. The number of nitrogens with zero attached hydrogens (tertiary/aromatic N) is 1. The zero-order valence-corrected chi connectivity index (χ0v) is 66.7. The van der Waals surface area contributed by atoms with E-state index < -0.39 is 167 Å². The fourth-order valence-corrected chi connectivity index (χ4v) is 15.7. The second-order valence-corrected chi connectivity index (χ2v) is 32.6. The number of aromatic amines is 1. The van der Waals surface area contributed by atoms with Gasteiger partial charge in [-0.3, -0.25) is 62.3 Å². The molecule has 0 radical (unpaired) electrons. The number of nitrogens with two attached hydrogens (primary N) is 1. The number of aromatic nitrogens is 2. The first-order valence-corrected chi connectivity index (χ1v) is 41.1. The van der Waals surface area contributed by atoms with Crippen LogP contribution in [0, 0.1) is 11.3 Å². The number of rotatable bonds is 12. The Morgan fingerprint density at radius 1 is 0.535 bits per heavy atom. The summed E-state index contributed by atoms with van der Waals surface area (Å²) in [6.07, 6.45) is 1.23. The Morgan fingerprint density at radius 3 is 1.66 bits per heavy atom. The van der Waals surface area contributed by atoms with E-state index in [4.69, 9.17) is 5.73 Å². The van der Waals surface area contributed by atoms with Gasteiger partial charge in [0.1, 0.15) is 83.6 Å². The van der Waals surface area contributed by atoms with Gasteiger partial charge in [0.05, 0.1) is 12.2 Å². The van der Waals surface area contributed by atoms with Crippen LogP contribution < -0.4 is 69.5 Å². The van der Waals surface area contributed by atoms with Crippen molar-refractivity contribution >= 4 is 111 Å². The molecule has 618 valence electrons. The number of carbonyl (C=O) groups excluding carboxylic acids is 13. The van der Waals surface area contributed by atoms with Gasteiger partial charge in [-0.2, -0.15) is 23.5 Å². The largest absolute Gasteiger partial charge is 0.508 e. The molecule has 4 bridgehead atoms. The van der Waals surface area contributed by atoms with Crippen LogP contribution in [0.3, 0.4) is 0 Å². The van der Waals surface area contributed by atoms with Crippen molar-refractivity contribution in [1.82, 2.24) is 73.8 Å². The number of aliphatic hydroxyl groups is 2. The van der Waals surface area contributed by atoms with E-state index in [2.05, 4.69) is 73.8 Å². The molecule has 114 heavy (non-hydrogen) atoms. The predicted octanol–water partition coefficient (Wildman–Crippen LogP) is 1.66. The first kappa shape index (κ1) is 89.2. The highest BCUT2D eigenvalue weighted by Crippen LogP contribution is 2.29. The van der Waals surface area contributed by atoms with Gasteiger partial charge in [0.25, 0.3) is 0 Å². The van der Waals surface area contributed by atoms with Crippen molar-refractivity contribution in [1.29, 1.82) is 0 Å². The van der Waals surface area contributed by atoms with Crippen LogP contribution in [0.25, 0.3) is 11.0 Å². The van der Waals surface area contributed by atoms with Crippen LogP contribution in [0.5, 0.6) is 11.5 Å². The zero-order valence-electron chi connectivity index (χ0n) is 65.1. The molecule has 5 aromatic rings. The monoisotopic (exact) mass is 1620 g/mol. The summed E-state index contributed by atoms with van der Waals surface area (Å²) in [5.74, 6) is -11.0. The van der Waals surface area contributed by atoms with Gasteiger partial charge in [-0.05, 0) is 134 Å². The molecule has 1 saturated heterocycles. The lowest BCUT2D eigenvalue weighted by Crippen LogP contribution is -2.63. The average molecular weight is 1620 g/mol. The summed E-state index contributed by atoms with van der Waals surface area (Å²) < 4.78 is 0. The standard InChI is InChI=1S/C80H109N15O17S2/c1-7-15-55-70(103)86-56-21-12-23-62(100)82-33-14-22-57(72(105)93-64(44(2)96)76(109)89-60(74(107)85-55)39-51-40-84-69-54(51)20-13-34-83-69)87-73(106)58(37-46-24-28-52(98)29-25-46)90-79(112)67(80(4,5)6)92-63(101)32-35-113-41-48-16-11-17-49(36-48)42-114-43-61(68(81)102)91-77(110)65(45(3)97)94-78(111)66(50-18-9-8-10-19-50)95-75(108)59(88-71(56)104)38-47-26-30-53(99)31-27-47/h11,13,16-17,20,24-31,34,36,40,44-45,50,55-61,64-67,96-99H,7-10,12,14-15,18-19,21-23,32-33,35,37-39,41-43H2,1-6H3,(H2,81,102)(H,82,100)(H,83,84)(H,85,107)(H,86,103)(H,87,106)(H,88,104)(H,89,109)(H,90,112)(H,91,110)(H,92,101)(H,93,105)(H,94,111)(H,95,108)/t44-,45-,55+,56+,57+,58+,59+,60+,61+,64-,65+,66+,67-/m1/s1. The number of nitrogens with one attached hydrogen (secondary N) is 13. The first-order chi connectivity index (χ1) is 54.3. The first-order valence-electron chi connectivity index (χ1n) is 38.8. The van der Waals surface area contributed by atoms with E-state index in [9.17, 15) is 63.6 Å². The summed E-state index contributed by atoms with van der Waals surface area (Å²) in [5.41, 5.74) is 8.38. The molecule has 2 fully saturated rings. The molecule has 13 amide bonds. The lowest BCUT2D eigenvalue weighted by Gasteiger charge is -2.33. The third-order valence-electron chi connectivity index (χ3n) is 20.2. The molecule has 4 heterocycles. The molecule has 1 aliphatic carbocycles. The smallest absolute Gasteiger partial charge is 0.245 e. The molecule has 8 rings (SSSR count). The normalized spacial score (nSPS) is 25.4. The number of hydrogen-bond acceptors (Lipinski definition) is 20. The van der Waals surface area contributed by atoms with E-state index in [0.717, 1.165) is 17.5 Å². The number of hydrogen-bond donors (Lipinski definition) is 18. The highest BCUT2D eigenvalue weighted by molar-refractivity contribution is 7.98. The van der Waals surface area contributed by atoms with Gasteiger partial charge in [-0.15, -0.1) is 0 Å². The minimum absolute atomic E-state index is 0.0297. The molecular formula is C80H109N15O17S2. The maximum absolute atomic E-state index is 15.3. The second-order valence-electron chi connectivity index (χ2n) is 30.5. The number of thioether (sulfide) groups is 2. The van der Waals surface area contributed by atoms with E-state index in [1.54, 1.807) is 46.0 Å². The lowest BCUT2D eigenvalue weighted by molar-refractivity contribution is -0.137. The van der Waals surface area contributed by atoms with E-state index in [1.807, 2.05) is 24.3 Å². The summed E-state index contributed by atoms with van der Waals surface area (Å²) in [7, 11) is 0. The molecule has 0 unspecified atom stereocenters. The van der Waals surface area contributed by atoms with Crippen molar-refractivity contribution in [3.8, 4) is 11.5 Å². The summed E-state index contributed by atoms with van der Waals surface area (Å²) in [4.78, 5) is 198. The number of pyridine rings is 1. The third kappa shape index (κ3) is 27.2. The number of carbonyl (C=O) groups is 13. The molecule has 13 atom stereocenters. The lowest BCUT2D eigenvalue weighted by atomic mass is 9.83. The van der Waals surface area contributed by atoms with E-state index in [1.165, 1.54) is 92.1 Å². The van der Waals surface area contributed by atoms with Gasteiger partial charge in [-0.1, -0.05) is 102 Å². The van der Waals surface area contributed by atoms with Gasteiger partial charge < -0.3 is 94.9 Å². The van der Waals surface area contributed by atoms with Gasteiger partial charge in [-0.25, -0.2) is 4.98 Å². The van der Waals surface area contributed by atoms with Gasteiger partial charge in [0, 0.05) is 79.4 Å². The molecule has 1 saturated carbocycles. The molecule has 2 aromatic heterocycles. The Hall–Kier alpha value is -10.3. The number of aliphatic hydroxyl groups excluding tert-OH is 2. The minimum Gasteiger partial charge on any atom is -0.508 e. The number of H-pyrrole nitrogens is 1. The maximum atomic E-state index is 15.3. The average Bonchev–Trinajstić information content (AvgIpc) is 1.20. The van der Waals surface area contributed by atoms with Crippen molar-refractivity contribution in [2.45, 2.75) is 234 Å². The van der Waals surface area contributed by atoms with Crippen molar-refractivity contribution in [3.63, 3.8) is 0 Å². The van der Waals surface area contributed by atoms with Crippen LogP contribution in [0.15, 0.2) is 97.3 Å². The molecule has 34 heteroatoms. The van der Waals surface area contributed by atoms with E-state index in [-0.39, 0.29) is 94.4 Å². The van der Waals surface area contributed by atoms with Crippen LogP contribution in [0.1, 0.15) is 153 Å². The Kier molecular flexibility index (Phi) is 33.8. The summed E-state index contributed by atoms with van der Waals surface area (Å²) in [6, 6.07) is 5.66. The van der Waals surface area contributed by atoms with Crippen molar-refractivity contribution in [3.05, 3.63) is 125 Å². The molecule has 3 aliphatic rings. The van der Waals surface area contributed by atoms with Crippen molar-refractivity contribution in [2.24, 2.45) is 17.1 Å². The van der Waals surface area contributed by atoms with Crippen molar-refractivity contribution in [2.75, 3.05) is 18.1 Å². The van der Waals surface area contributed by atoms with Gasteiger partial charge in [0.2, 0.25) is 76.8 Å². The quantitative estimate of drug-likeness (QED) is 0.0844. The van der Waals surface area contributed by atoms with Crippen LogP contribution in [-0.4, -0.2) is 204 Å². The Labute approximate surface area is 670 Å². The van der Waals surface area contributed by atoms with Crippen molar-refractivity contribution < 1.29 is 82.8 Å². The number of amides is 13. The van der Waals surface area contributed by atoms with Crippen LogP contribution >= 0.6 is 23.5 Å². The van der Waals surface area contributed by atoms with Crippen LogP contribution in [0.2, 0.25) is 0 Å². The number of phenolic OH excluding ortho intramolecular Hbond substituents is 2. The second kappa shape index (κ2) is 43.2. The molecular weight excluding hydrogens is 1510 g/mol. The predicted molar refractivity (Wildman–Crippen MR) is 428 cm³/mol. The minimum atomic E-state index is -1.86. The van der Waals surface area contributed by atoms with Gasteiger partial charge >= 0.3 is 0 Å². The van der Waals surface area contributed by atoms with Crippen LogP contribution in [-0.2, 0) is 93.1 Å². The Morgan fingerprint density at radius 2 is 1.06 bits per heavy atom.